The van der Waals surface area contributed by atoms with Crippen LogP contribution in [0.15, 0.2) is 16.6 Å². The maximum Gasteiger partial charge on any atom is 0.240 e. The normalized spacial score (nSPS) is 16.8. The maximum atomic E-state index is 13.1. The van der Waals surface area contributed by atoms with E-state index < -0.39 is 6.43 Å². The molecule has 1 aliphatic heterocycles. The molecule has 132 valence electrons. The van der Waals surface area contributed by atoms with Gasteiger partial charge >= 0.3 is 0 Å². The zero-order chi connectivity index (χ0) is 16.1. The van der Waals surface area contributed by atoms with Gasteiger partial charge in [0, 0.05) is 38.6 Å². The van der Waals surface area contributed by atoms with Crippen molar-refractivity contribution in [3.63, 3.8) is 0 Å². The largest absolute Gasteiger partial charge is 0.495 e. The van der Waals surface area contributed by atoms with Crippen molar-refractivity contribution in [2.75, 3.05) is 40.4 Å². The van der Waals surface area contributed by atoms with Crippen LogP contribution in [0.5, 0.6) is 11.5 Å². The molecule has 0 unspecified atom stereocenters. The number of nitrogens with zero attached hydrogens (tertiary/aromatic N) is 1. The topological polar surface area (TPSA) is 33.7 Å². The number of nitrogens with one attached hydrogen (secondary N) is 1. The fourth-order valence-corrected chi connectivity index (χ4v) is 3.29. The number of ether oxygens (including phenoxy) is 2. The number of piperazine rings is 1. The molecule has 0 saturated carbocycles. The van der Waals surface area contributed by atoms with Gasteiger partial charge in [-0.05, 0) is 33.6 Å². The highest BCUT2D eigenvalue weighted by Gasteiger charge is 2.27. The van der Waals surface area contributed by atoms with Gasteiger partial charge in [-0.1, -0.05) is 0 Å². The Morgan fingerprint density at radius 2 is 1.70 bits per heavy atom. The lowest BCUT2D eigenvalue weighted by Crippen LogP contribution is -2.45. The SMILES string of the molecule is COc1cc([C@@H](CC(F)F)N2CCNCC2)cc(OC)c1Br.Cl. The second-order valence-corrected chi connectivity index (χ2v) is 5.96. The molecule has 1 saturated heterocycles. The van der Waals surface area contributed by atoms with Crippen LogP contribution in [0.2, 0.25) is 0 Å². The Kier molecular flexibility index (Phi) is 8.53. The van der Waals surface area contributed by atoms with Gasteiger partial charge in [-0.2, -0.15) is 0 Å². The summed E-state index contributed by atoms with van der Waals surface area (Å²) < 4.78 is 37.5. The number of halogens is 4. The summed E-state index contributed by atoms with van der Waals surface area (Å²) in [6, 6.07) is 3.27. The van der Waals surface area contributed by atoms with Gasteiger partial charge < -0.3 is 14.8 Å². The minimum Gasteiger partial charge on any atom is -0.495 e. The van der Waals surface area contributed by atoms with E-state index in [9.17, 15) is 8.78 Å². The first kappa shape index (κ1) is 20.4. The molecule has 0 spiro atoms. The van der Waals surface area contributed by atoms with Gasteiger partial charge in [0.25, 0.3) is 0 Å². The predicted molar refractivity (Wildman–Crippen MR) is 92.3 cm³/mol. The van der Waals surface area contributed by atoms with E-state index in [1.54, 1.807) is 14.2 Å². The third-order valence-corrected chi connectivity index (χ3v) is 4.63. The zero-order valence-corrected chi connectivity index (χ0v) is 15.6. The standard InChI is InChI=1S/C15H21BrF2N2O2.ClH/c1-21-12-7-10(8-13(22-2)15(12)16)11(9-14(17)18)20-5-3-19-4-6-20;/h7-8,11,14,19H,3-6,9H2,1-2H3;1H/t11-;/m1./s1. The highest BCUT2D eigenvalue weighted by Crippen LogP contribution is 2.39. The summed E-state index contributed by atoms with van der Waals surface area (Å²) in [7, 11) is 3.10. The monoisotopic (exact) mass is 414 g/mol. The van der Waals surface area contributed by atoms with Crippen LogP contribution in [0.4, 0.5) is 8.78 Å². The zero-order valence-electron chi connectivity index (χ0n) is 13.2. The second kappa shape index (κ2) is 9.61. The molecular formula is C15H22BrClF2N2O2. The number of methoxy groups -OCH3 is 2. The highest BCUT2D eigenvalue weighted by atomic mass is 79.9. The Labute approximate surface area is 150 Å². The van der Waals surface area contributed by atoms with Crippen LogP contribution < -0.4 is 14.8 Å². The molecule has 1 N–H and O–H groups in total. The maximum absolute atomic E-state index is 13.1. The molecule has 0 aliphatic carbocycles. The lowest BCUT2D eigenvalue weighted by atomic mass is 10.0. The Hall–Kier alpha value is -0.630. The molecule has 0 aromatic heterocycles. The van der Waals surface area contributed by atoms with E-state index in [0.717, 1.165) is 31.7 Å². The number of hydrogen-bond donors (Lipinski definition) is 1. The van der Waals surface area contributed by atoms with Crippen LogP contribution in [0.25, 0.3) is 0 Å². The molecule has 0 radical (unpaired) electrons. The molecule has 8 heteroatoms. The predicted octanol–water partition coefficient (Wildman–Crippen LogP) is 3.49. The quantitative estimate of drug-likeness (QED) is 0.771. The number of alkyl halides is 2. The Morgan fingerprint density at radius 3 is 2.13 bits per heavy atom. The average Bonchev–Trinajstić information content (AvgIpc) is 2.53. The first-order valence-corrected chi connectivity index (χ1v) is 8.00. The third-order valence-electron chi connectivity index (χ3n) is 3.85. The van der Waals surface area contributed by atoms with Crippen molar-refractivity contribution in [3.05, 3.63) is 22.2 Å². The minimum absolute atomic E-state index is 0. The number of hydrogen-bond acceptors (Lipinski definition) is 4. The van der Waals surface area contributed by atoms with Gasteiger partial charge in [-0.15, -0.1) is 12.4 Å². The summed E-state index contributed by atoms with van der Waals surface area (Å²) in [6.45, 7) is 3.12. The summed E-state index contributed by atoms with van der Waals surface area (Å²) >= 11 is 3.41. The summed E-state index contributed by atoms with van der Waals surface area (Å²) in [6.07, 6.45) is -2.56. The molecule has 0 amide bonds. The lowest BCUT2D eigenvalue weighted by Gasteiger charge is -2.35. The first-order chi connectivity index (χ1) is 10.6. The van der Waals surface area contributed by atoms with Crippen LogP contribution >= 0.6 is 28.3 Å². The Morgan fingerprint density at radius 1 is 1.17 bits per heavy atom. The van der Waals surface area contributed by atoms with Crippen molar-refractivity contribution >= 4 is 28.3 Å². The fraction of sp³-hybridized carbons (Fsp3) is 0.600. The third kappa shape index (κ3) is 5.17. The van der Waals surface area contributed by atoms with E-state index in [1.165, 1.54) is 0 Å². The van der Waals surface area contributed by atoms with Gasteiger partial charge in [0.15, 0.2) is 0 Å². The van der Waals surface area contributed by atoms with Crippen LogP contribution in [-0.2, 0) is 0 Å². The Balaban J connectivity index is 0.00000264. The average molecular weight is 416 g/mol. The minimum atomic E-state index is -2.36. The van der Waals surface area contributed by atoms with E-state index in [4.69, 9.17) is 9.47 Å². The molecule has 2 rings (SSSR count). The van der Waals surface area contributed by atoms with Crippen LogP contribution in [0.1, 0.15) is 18.0 Å². The van der Waals surface area contributed by atoms with E-state index >= 15 is 0 Å². The fourth-order valence-electron chi connectivity index (χ4n) is 2.74. The summed E-state index contributed by atoms with van der Waals surface area (Å²) in [4.78, 5) is 2.09. The van der Waals surface area contributed by atoms with Gasteiger partial charge in [0.2, 0.25) is 6.43 Å². The lowest BCUT2D eigenvalue weighted by molar-refractivity contribution is 0.0737. The van der Waals surface area contributed by atoms with Crippen LogP contribution in [-0.4, -0.2) is 51.7 Å². The smallest absolute Gasteiger partial charge is 0.240 e. The van der Waals surface area contributed by atoms with Crippen molar-refractivity contribution in [3.8, 4) is 11.5 Å². The molecule has 4 nitrogen and oxygen atoms in total. The van der Waals surface area contributed by atoms with E-state index in [0.29, 0.717) is 16.0 Å². The van der Waals surface area contributed by atoms with E-state index in [1.807, 2.05) is 12.1 Å². The van der Waals surface area contributed by atoms with Gasteiger partial charge in [0.1, 0.15) is 16.0 Å². The highest BCUT2D eigenvalue weighted by molar-refractivity contribution is 9.10. The van der Waals surface area contributed by atoms with E-state index in [2.05, 4.69) is 26.1 Å². The van der Waals surface area contributed by atoms with Crippen LogP contribution in [0.3, 0.4) is 0 Å². The van der Waals surface area contributed by atoms with Crippen molar-refractivity contribution in [2.45, 2.75) is 18.9 Å². The van der Waals surface area contributed by atoms with Gasteiger partial charge in [-0.25, -0.2) is 8.78 Å². The molecular weight excluding hydrogens is 394 g/mol. The van der Waals surface area contributed by atoms with Crippen molar-refractivity contribution in [1.82, 2.24) is 10.2 Å². The molecule has 1 atom stereocenters. The molecule has 0 bridgehead atoms. The van der Waals surface area contributed by atoms with E-state index in [-0.39, 0.29) is 24.9 Å². The molecule has 23 heavy (non-hydrogen) atoms. The van der Waals surface area contributed by atoms with Crippen molar-refractivity contribution < 1.29 is 18.3 Å². The summed E-state index contributed by atoms with van der Waals surface area (Å²) in [5.74, 6) is 1.17. The second-order valence-electron chi connectivity index (χ2n) is 5.17. The summed E-state index contributed by atoms with van der Waals surface area (Å²) in [5.41, 5.74) is 0.791. The molecule has 1 aliphatic rings. The number of rotatable bonds is 6. The Bertz CT molecular complexity index is 477. The van der Waals surface area contributed by atoms with Crippen molar-refractivity contribution in [2.24, 2.45) is 0 Å². The molecule has 1 heterocycles. The summed E-state index contributed by atoms with van der Waals surface area (Å²) in [5, 5.41) is 3.24. The number of benzene rings is 1. The molecule has 1 fully saturated rings. The van der Waals surface area contributed by atoms with Crippen molar-refractivity contribution in [1.29, 1.82) is 0 Å². The first-order valence-electron chi connectivity index (χ1n) is 7.21. The van der Waals surface area contributed by atoms with Crippen LogP contribution in [0, 0.1) is 0 Å². The molecule has 1 aromatic carbocycles. The van der Waals surface area contributed by atoms with Gasteiger partial charge in [-0.3, -0.25) is 4.90 Å². The van der Waals surface area contributed by atoms with Gasteiger partial charge in [0.05, 0.1) is 14.2 Å². The molecule has 1 aromatic rings.